The van der Waals surface area contributed by atoms with Crippen LogP contribution in [0.2, 0.25) is 0 Å². The van der Waals surface area contributed by atoms with Crippen molar-refractivity contribution in [3.05, 3.63) is 57.7 Å². The standard InChI is InChI=1S/C20H23N5OS/c1-21-20(26)19-15-10-14(8-9-17(15)25(2)24-19)22-11-18-23-16(12-27-18)13-6-4-3-5-7-13/h3-7,12,14,22H,8-11H2,1-2H3,(H,21,26). The number of carbonyl (C=O) groups is 1. The summed E-state index contributed by atoms with van der Waals surface area (Å²) in [5, 5.41) is 13.9. The first-order valence-corrected chi connectivity index (χ1v) is 10.0. The number of fused-ring (bicyclic) bond motifs is 1. The highest BCUT2D eigenvalue weighted by Crippen LogP contribution is 2.25. The van der Waals surface area contributed by atoms with Crippen molar-refractivity contribution < 1.29 is 4.79 Å². The van der Waals surface area contributed by atoms with Gasteiger partial charge < -0.3 is 10.6 Å². The molecule has 0 spiro atoms. The maximum absolute atomic E-state index is 12.1. The van der Waals surface area contributed by atoms with Gasteiger partial charge in [-0.2, -0.15) is 5.10 Å². The summed E-state index contributed by atoms with van der Waals surface area (Å²) in [5.41, 5.74) is 4.98. The zero-order valence-electron chi connectivity index (χ0n) is 15.5. The Labute approximate surface area is 162 Å². The molecule has 0 radical (unpaired) electrons. The first-order valence-electron chi connectivity index (χ1n) is 9.15. The summed E-state index contributed by atoms with van der Waals surface area (Å²) in [6, 6.07) is 10.6. The SMILES string of the molecule is CNC(=O)c1nn(C)c2c1CC(NCc1nc(-c3ccccc3)cs1)CC2. The maximum atomic E-state index is 12.1. The van der Waals surface area contributed by atoms with Crippen LogP contribution in [0, 0.1) is 0 Å². The van der Waals surface area contributed by atoms with Gasteiger partial charge in [-0.1, -0.05) is 30.3 Å². The molecule has 140 valence electrons. The molecule has 0 bridgehead atoms. The Balaban J connectivity index is 1.42. The summed E-state index contributed by atoms with van der Waals surface area (Å²) in [7, 11) is 3.56. The molecule has 3 aromatic rings. The van der Waals surface area contributed by atoms with Crippen molar-refractivity contribution in [3.63, 3.8) is 0 Å². The molecule has 1 unspecified atom stereocenters. The highest BCUT2D eigenvalue weighted by atomic mass is 32.1. The summed E-state index contributed by atoms with van der Waals surface area (Å²) in [6.07, 6.45) is 2.79. The van der Waals surface area contributed by atoms with Crippen LogP contribution in [0.4, 0.5) is 0 Å². The first-order chi connectivity index (χ1) is 13.2. The van der Waals surface area contributed by atoms with E-state index in [1.807, 2.05) is 29.9 Å². The third-order valence-corrected chi connectivity index (χ3v) is 5.91. The van der Waals surface area contributed by atoms with E-state index < -0.39 is 0 Å². The van der Waals surface area contributed by atoms with Crippen molar-refractivity contribution >= 4 is 17.2 Å². The third-order valence-electron chi connectivity index (χ3n) is 5.06. The molecule has 6 nitrogen and oxygen atoms in total. The van der Waals surface area contributed by atoms with Crippen LogP contribution in [0.25, 0.3) is 11.3 Å². The lowest BCUT2D eigenvalue weighted by Crippen LogP contribution is -2.35. The predicted octanol–water partition coefficient (Wildman–Crippen LogP) is 2.55. The fourth-order valence-electron chi connectivity index (χ4n) is 3.63. The van der Waals surface area contributed by atoms with Gasteiger partial charge in [0, 0.05) is 48.9 Å². The van der Waals surface area contributed by atoms with E-state index in [2.05, 4.69) is 33.2 Å². The summed E-state index contributed by atoms with van der Waals surface area (Å²) in [5.74, 6) is -0.111. The minimum atomic E-state index is -0.111. The Morgan fingerprint density at radius 2 is 2.15 bits per heavy atom. The van der Waals surface area contributed by atoms with E-state index in [0.29, 0.717) is 11.7 Å². The van der Waals surface area contributed by atoms with E-state index in [0.717, 1.165) is 47.6 Å². The number of nitrogens with one attached hydrogen (secondary N) is 2. The second-order valence-corrected chi connectivity index (χ2v) is 7.73. The van der Waals surface area contributed by atoms with Crippen molar-refractivity contribution in [1.29, 1.82) is 0 Å². The fourth-order valence-corrected chi connectivity index (χ4v) is 4.38. The Morgan fingerprint density at radius 1 is 1.33 bits per heavy atom. The summed E-state index contributed by atoms with van der Waals surface area (Å²) >= 11 is 1.68. The molecular weight excluding hydrogens is 358 g/mol. The Kier molecular flexibility index (Phi) is 5.05. The Morgan fingerprint density at radius 3 is 2.93 bits per heavy atom. The summed E-state index contributed by atoms with van der Waals surface area (Å²) < 4.78 is 1.85. The van der Waals surface area contributed by atoms with Crippen LogP contribution in [0.5, 0.6) is 0 Å². The van der Waals surface area contributed by atoms with Gasteiger partial charge in [-0.3, -0.25) is 9.48 Å². The van der Waals surface area contributed by atoms with Crippen molar-refractivity contribution in [2.45, 2.75) is 31.8 Å². The van der Waals surface area contributed by atoms with E-state index in [-0.39, 0.29) is 5.91 Å². The highest BCUT2D eigenvalue weighted by Gasteiger charge is 2.27. The molecule has 2 aromatic heterocycles. The normalized spacial score (nSPS) is 16.1. The molecule has 0 fully saturated rings. The monoisotopic (exact) mass is 381 g/mol. The molecule has 1 aliphatic carbocycles. The van der Waals surface area contributed by atoms with Gasteiger partial charge in [-0.05, 0) is 19.3 Å². The number of carbonyl (C=O) groups excluding carboxylic acids is 1. The lowest BCUT2D eigenvalue weighted by Gasteiger charge is -2.23. The number of hydrogen-bond donors (Lipinski definition) is 2. The number of benzene rings is 1. The van der Waals surface area contributed by atoms with Crippen LogP contribution >= 0.6 is 11.3 Å². The zero-order chi connectivity index (χ0) is 18.8. The minimum absolute atomic E-state index is 0.111. The van der Waals surface area contributed by atoms with Gasteiger partial charge in [-0.15, -0.1) is 11.3 Å². The van der Waals surface area contributed by atoms with Crippen molar-refractivity contribution in [1.82, 2.24) is 25.4 Å². The molecular formula is C20H23N5OS. The lowest BCUT2D eigenvalue weighted by atomic mass is 9.91. The van der Waals surface area contributed by atoms with E-state index in [1.165, 1.54) is 5.69 Å². The molecule has 4 rings (SSSR count). The Bertz CT molecular complexity index is 947. The van der Waals surface area contributed by atoms with E-state index in [1.54, 1.807) is 18.4 Å². The molecule has 2 N–H and O–H groups in total. The van der Waals surface area contributed by atoms with Gasteiger partial charge in [0.15, 0.2) is 5.69 Å². The van der Waals surface area contributed by atoms with E-state index >= 15 is 0 Å². The van der Waals surface area contributed by atoms with Crippen molar-refractivity contribution in [2.24, 2.45) is 7.05 Å². The third kappa shape index (κ3) is 3.65. The van der Waals surface area contributed by atoms with Crippen LogP contribution < -0.4 is 10.6 Å². The topological polar surface area (TPSA) is 71.8 Å². The number of aromatic nitrogens is 3. The minimum Gasteiger partial charge on any atom is -0.354 e. The van der Waals surface area contributed by atoms with Crippen LogP contribution in [0.1, 0.15) is 33.2 Å². The molecule has 1 amide bonds. The van der Waals surface area contributed by atoms with Gasteiger partial charge in [0.2, 0.25) is 0 Å². The Hall–Kier alpha value is -2.51. The van der Waals surface area contributed by atoms with E-state index in [9.17, 15) is 4.79 Å². The number of thiazole rings is 1. The van der Waals surface area contributed by atoms with Crippen LogP contribution in [-0.4, -0.2) is 33.8 Å². The number of amides is 1. The van der Waals surface area contributed by atoms with Gasteiger partial charge in [0.05, 0.1) is 5.69 Å². The molecule has 1 atom stereocenters. The van der Waals surface area contributed by atoms with Gasteiger partial charge in [0.25, 0.3) is 5.91 Å². The van der Waals surface area contributed by atoms with Crippen LogP contribution in [0.15, 0.2) is 35.7 Å². The second kappa shape index (κ2) is 7.62. The summed E-state index contributed by atoms with van der Waals surface area (Å²) in [4.78, 5) is 16.9. The van der Waals surface area contributed by atoms with E-state index in [4.69, 9.17) is 4.98 Å². The zero-order valence-corrected chi connectivity index (χ0v) is 16.3. The van der Waals surface area contributed by atoms with Gasteiger partial charge in [-0.25, -0.2) is 4.98 Å². The molecule has 0 aliphatic heterocycles. The van der Waals surface area contributed by atoms with Crippen LogP contribution in [0.3, 0.4) is 0 Å². The van der Waals surface area contributed by atoms with Crippen molar-refractivity contribution in [2.75, 3.05) is 7.05 Å². The second-order valence-electron chi connectivity index (χ2n) is 6.79. The molecule has 1 aromatic carbocycles. The van der Waals surface area contributed by atoms with Crippen molar-refractivity contribution in [3.8, 4) is 11.3 Å². The average molecular weight is 382 g/mol. The quantitative estimate of drug-likeness (QED) is 0.712. The van der Waals surface area contributed by atoms with Crippen LogP contribution in [-0.2, 0) is 26.4 Å². The lowest BCUT2D eigenvalue weighted by molar-refractivity contribution is 0.0956. The maximum Gasteiger partial charge on any atom is 0.271 e. The molecule has 1 aliphatic rings. The molecule has 0 saturated heterocycles. The molecule has 7 heteroatoms. The molecule has 2 heterocycles. The molecule has 0 saturated carbocycles. The number of aryl methyl sites for hydroxylation is 1. The predicted molar refractivity (Wildman–Crippen MR) is 107 cm³/mol. The fraction of sp³-hybridized carbons (Fsp3) is 0.350. The average Bonchev–Trinajstić information content (AvgIpc) is 3.31. The highest BCUT2D eigenvalue weighted by molar-refractivity contribution is 7.09. The largest absolute Gasteiger partial charge is 0.354 e. The smallest absolute Gasteiger partial charge is 0.271 e. The number of hydrogen-bond acceptors (Lipinski definition) is 5. The summed E-state index contributed by atoms with van der Waals surface area (Å²) in [6.45, 7) is 0.743. The number of rotatable bonds is 5. The molecule has 27 heavy (non-hydrogen) atoms. The number of nitrogens with zero attached hydrogens (tertiary/aromatic N) is 3. The first kappa shape index (κ1) is 17.9. The van der Waals surface area contributed by atoms with Gasteiger partial charge in [0.1, 0.15) is 5.01 Å². The van der Waals surface area contributed by atoms with Gasteiger partial charge >= 0.3 is 0 Å².